The summed E-state index contributed by atoms with van der Waals surface area (Å²) < 4.78 is 5.34. The third-order valence-corrected chi connectivity index (χ3v) is 3.78. The van der Waals surface area contributed by atoms with Crippen molar-refractivity contribution in [1.29, 1.82) is 0 Å². The van der Waals surface area contributed by atoms with E-state index in [4.69, 9.17) is 27.9 Å². The number of halogens is 2. The number of nitro benzene ring substituents is 1. The minimum Gasteiger partial charge on any atom is -0.482 e. The first-order chi connectivity index (χ1) is 11.4. The standard InChI is InChI=1S/C16H14Cl2N2O4/c1-19(9-11-2-4-12(17)5-3-11)16(21)10-24-15-7-6-13(20(22)23)8-14(15)18/h2-8H,9-10H2,1H3. The summed E-state index contributed by atoms with van der Waals surface area (Å²) in [7, 11) is 1.65. The molecule has 0 heterocycles. The van der Waals surface area contributed by atoms with Gasteiger partial charge in [0.05, 0.1) is 9.95 Å². The van der Waals surface area contributed by atoms with Crippen LogP contribution < -0.4 is 4.74 Å². The monoisotopic (exact) mass is 368 g/mol. The zero-order valence-electron chi connectivity index (χ0n) is 12.7. The Balaban J connectivity index is 1.92. The number of carbonyl (C=O) groups is 1. The largest absolute Gasteiger partial charge is 0.482 e. The number of nitro groups is 1. The van der Waals surface area contributed by atoms with Crippen LogP contribution in [0.3, 0.4) is 0 Å². The maximum atomic E-state index is 12.1. The van der Waals surface area contributed by atoms with Gasteiger partial charge in [-0.1, -0.05) is 35.3 Å². The molecule has 24 heavy (non-hydrogen) atoms. The Kier molecular flexibility index (Phi) is 6.00. The topological polar surface area (TPSA) is 72.7 Å². The predicted molar refractivity (Wildman–Crippen MR) is 91.5 cm³/mol. The van der Waals surface area contributed by atoms with Gasteiger partial charge >= 0.3 is 0 Å². The fraction of sp³-hybridized carbons (Fsp3) is 0.188. The highest BCUT2D eigenvalue weighted by Gasteiger charge is 2.14. The normalized spacial score (nSPS) is 10.3. The van der Waals surface area contributed by atoms with Crippen LogP contribution in [0.4, 0.5) is 5.69 Å². The summed E-state index contributed by atoms with van der Waals surface area (Å²) in [6.45, 7) is 0.189. The van der Waals surface area contributed by atoms with Crippen molar-refractivity contribution in [1.82, 2.24) is 4.90 Å². The van der Waals surface area contributed by atoms with Crippen molar-refractivity contribution in [2.75, 3.05) is 13.7 Å². The van der Waals surface area contributed by atoms with Crippen LogP contribution in [0.2, 0.25) is 10.0 Å². The first-order valence-electron chi connectivity index (χ1n) is 6.92. The van der Waals surface area contributed by atoms with E-state index in [0.29, 0.717) is 11.6 Å². The molecule has 0 aliphatic carbocycles. The number of ether oxygens (including phenoxy) is 1. The molecule has 8 heteroatoms. The van der Waals surface area contributed by atoms with E-state index in [2.05, 4.69) is 0 Å². The van der Waals surface area contributed by atoms with Gasteiger partial charge in [-0.25, -0.2) is 0 Å². The molecule has 0 saturated heterocycles. The van der Waals surface area contributed by atoms with E-state index in [1.807, 2.05) is 12.1 Å². The molecule has 2 aromatic rings. The molecule has 0 bridgehead atoms. The number of benzene rings is 2. The average Bonchev–Trinajstić information content (AvgIpc) is 2.55. The minimum atomic E-state index is -0.555. The molecule has 0 fully saturated rings. The van der Waals surface area contributed by atoms with Gasteiger partial charge in [0.2, 0.25) is 0 Å². The van der Waals surface area contributed by atoms with E-state index in [1.165, 1.54) is 23.1 Å². The number of nitrogens with zero attached hydrogens (tertiary/aromatic N) is 2. The molecule has 0 N–H and O–H groups in total. The quantitative estimate of drug-likeness (QED) is 0.571. The van der Waals surface area contributed by atoms with Crippen molar-refractivity contribution < 1.29 is 14.5 Å². The maximum Gasteiger partial charge on any atom is 0.271 e. The number of hydrogen-bond acceptors (Lipinski definition) is 4. The molecule has 0 spiro atoms. The van der Waals surface area contributed by atoms with Gasteiger partial charge < -0.3 is 9.64 Å². The lowest BCUT2D eigenvalue weighted by Crippen LogP contribution is -2.30. The third-order valence-electron chi connectivity index (χ3n) is 3.24. The van der Waals surface area contributed by atoms with E-state index in [9.17, 15) is 14.9 Å². The number of hydrogen-bond donors (Lipinski definition) is 0. The van der Waals surface area contributed by atoms with Gasteiger partial charge in [0.1, 0.15) is 5.75 Å². The fourth-order valence-electron chi connectivity index (χ4n) is 1.92. The number of non-ortho nitro benzene ring substituents is 1. The second-order valence-electron chi connectivity index (χ2n) is 5.04. The van der Waals surface area contributed by atoms with E-state index in [-0.39, 0.29) is 29.0 Å². The van der Waals surface area contributed by atoms with Crippen LogP contribution in [0.15, 0.2) is 42.5 Å². The summed E-state index contributed by atoms with van der Waals surface area (Å²) in [5.74, 6) is -0.0325. The highest BCUT2D eigenvalue weighted by molar-refractivity contribution is 6.32. The Bertz CT molecular complexity index is 750. The summed E-state index contributed by atoms with van der Waals surface area (Å²) >= 11 is 11.7. The van der Waals surface area contributed by atoms with Crippen LogP contribution in [-0.2, 0) is 11.3 Å². The zero-order chi connectivity index (χ0) is 17.7. The van der Waals surface area contributed by atoms with E-state index < -0.39 is 4.92 Å². The van der Waals surface area contributed by atoms with Crippen molar-refractivity contribution in [3.05, 3.63) is 68.2 Å². The molecule has 0 aromatic heterocycles. The zero-order valence-corrected chi connectivity index (χ0v) is 14.3. The van der Waals surface area contributed by atoms with E-state index in [1.54, 1.807) is 19.2 Å². The van der Waals surface area contributed by atoms with E-state index in [0.717, 1.165) is 5.56 Å². The van der Waals surface area contributed by atoms with Crippen molar-refractivity contribution in [2.24, 2.45) is 0 Å². The summed E-state index contributed by atoms with van der Waals surface area (Å²) in [6, 6.07) is 11.0. The van der Waals surface area contributed by atoms with Gasteiger partial charge in [-0.3, -0.25) is 14.9 Å². The van der Waals surface area contributed by atoms with Gasteiger partial charge in [0, 0.05) is 30.7 Å². The molecule has 0 radical (unpaired) electrons. The van der Waals surface area contributed by atoms with Crippen LogP contribution >= 0.6 is 23.2 Å². The molecule has 0 aliphatic heterocycles. The first-order valence-corrected chi connectivity index (χ1v) is 7.67. The Hall–Kier alpha value is -2.31. The predicted octanol–water partition coefficient (Wildman–Crippen LogP) is 3.94. The molecule has 0 unspecified atom stereocenters. The molecule has 6 nitrogen and oxygen atoms in total. The molecular formula is C16H14Cl2N2O4. The van der Waals surface area contributed by atoms with Crippen molar-refractivity contribution in [3.63, 3.8) is 0 Å². The number of likely N-dealkylation sites (N-methyl/N-ethyl adjacent to an activating group) is 1. The highest BCUT2D eigenvalue weighted by Crippen LogP contribution is 2.28. The Morgan fingerprint density at radius 3 is 2.46 bits per heavy atom. The molecule has 2 aromatic carbocycles. The van der Waals surface area contributed by atoms with Gasteiger partial charge in [0.25, 0.3) is 11.6 Å². The van der Waals surface area contributed by atoms with Crippen molar-refractivity contribution in [2.45, 2.75) is 6.54 Å². The lowest BCUT2D eigenvalue weighted by molar-refractivity contribution is -0.384. The van der Waals surface area contributed by atoms with Gasteiger partial charge in [-0.2, -0.15) is 0 Å². The second-order valence-corrected chi connectivity index (χ2v) is 5.88. The lowest BCUT2D eigenvalue weighted by Gasteiger charge is -2.18. The van der Waals surface area contributed by atoms with Crippen molar-refractivity contribution in [3.8, 4) is 5.75 Å². The van der Waals surface area contributed by atoms with Crippen LogP contribution in [-0.4, -0.2) is 29.4 Å². The lowest BCUT2D eigenvalue weighted by atomic mass is 10.2. The molecule has 126 valence electrons. The number of carbonyl (C=O) groups excluding carboxylic acids is 1. The maximum absolute atomic E-state index is 12.1. The number of rotatable bonds is 6. The highest BCUT2D eigenvalue weighted by atomic mass is 35.5. The summed E-state index contributed by atoms with van der Waals surface area (Å²) in [6.07, 6.45) is 0. The first kappa shape index (κ1) is 18.0. The van der Waals surface area contributed by atoms with Gasteiger partial charge in [-0.15, -0.1) is 0 Å². The molecule has 2 rings (SSSR count). The van der Waals surface area contributed by atoms with Crippen LogP contribution in [0.5, 0.6) is 5.75 Å². The number of amides is 1. The molecule has 0 aliphatic rings. The molecule has 0 saturated carbocycles. The molecule has 0 atom stereocenters. The van der Waals surface area contributed by atoms with Crippen LogP contribution in [0.25, 0.3) is 0 Å². The second kappa shape index (κ2) is 7.99. The minimum absolute atomic E-state index is 0.0809. The Morgan fingerprint density at radius 2 is 1.88 bits per heavy atom. The Labute approximate surface area is 148 Å². The van der Waals surface area contributed by atoms with E-state index >= 15 is 0 Å². The van der Waals surface area contributed by atoms with Crippen molar-refractivity contribution >= 4 is 34.8 Å². The average molecular weight is 369 g/mol. The summed E-state index contributed by atoms with van der Waals surface area (Å²) in [5, 5.41) is 11.4. The van der Waals surface area contributed by atoms with Crippen LogP contribution in [0, 0.1) is 10.1 Å². The third kappa shape index (κ3) is 4.84. The Morgan fingerprint density at radius 1 is 1.21 bits per heavy atom. The molecular weight excluding hydrogens is 355 g/mol. The summed E-state index contributed by atoms with van der Waals surface area (Å²) in [4.78, 5) is 23.7. The fourth-order valence-corrected chi connectivity index (χ4v) is 2.28. The molecule has 1 amide bonds. The SMILES string of the molecule is CN(Cc1ccc(Cl)cc1)C(=O)COc1ccc([N+](=O)[O-])cc1Cl. The van der Waals surface area contributed by atoms with Gasteiger partial charge in [0.15, 0.2) is 6.61 Å². The smallest absolute Gasteiger partial charge is 0.271 e. The van der Waals surface area contributed by atoms with Gasteiger partial charge in [-0.05, 0) is 23.8 Å². The summed E-state index contributed by atoms with van der Waals surface area (Å²) in [5.41, 5.74) is 0.794. The van der Waals surface area contributed by atoms with Crippen LogP contribution in [0.1, 0.15) is 5.56 Å².